The molecule has 2 heterocycles. The van der Waals surface area contributed by atoms with Crippen LogP contribution in [0.2, 0.25) is 0 Å². The predicted molar refractivity (Wildman–Crippen MR) is 152 cm³/mol. The maximum atomic E-state index is 13.7. The highest BCUT2D eigenvalue weighted by molar-refractivity contribution is 5.95. The number of benzene rings is 2. The lowest BCUT2D eigenvalue weighted by Crippen LogP contribution is -2.38. The predicted octanol–water partition coefficient (Wildman–Crippen LogP) is 3.96. The van der Waals surface area contributed by atoms with E-state index in [0.717, 1.165) is 42.5 Å². The molecule has 214 valence electrons. The molecule has 0 spiro atoms. The molecule has 1 fully saturated rings. The third-order valence-electron chi connectivity index (χ3n) is 7.32. The smallest absolute Gasteiger partial charge is 0.272 e. The average Bonchev–Trinajstić information content (AvgIpc) is 3.78. The van der Waals surface area contributed by atoms with Gasteiger partial charge in [0.2, 0.25) is 11.9 Å². The largest absolute Gasteiger partial charge is 0.496 e. The van der Waals surface area contributed by atoms with E-state index in [2.05, 4.69) is 31.3 Å². The van der Waals surface area contributed by atoms with Crippen LogP contribution in [0.15, 0.2) is 54.6 Å². The van der Waals surface area contributed by atoms with E-state index in [4.69, 9.17) is 14.6 Å². The minimum Gasteiger partial charge on any atom is -0.496 e. The van der Waals surface area contributed by atoms with Crippen LogP contribution in [0, 0.1) is 0 Å². The summed E-state index contributed by atoms with van der Waals surface area (Å²) in [6.45, 7) is 0. The van der Waals surface area contributed by atoms with E-state index in [1.54, 1.807) is 20.3 Å². The molecule has 12 heteroatoms. The number of hydrogen-bond acceptors (Lipinski definition) is 8. The summed E-state index contributed by atoms with van der Waals surface area (Å²) in [6, 6.07) is 17.0. The monoisotopic (exact) mass is 558 g/mol. The van der Waals surface area contributed by atoms with E-state index in [9.17, 15) is 9.59 Å². The zero-order valence-corrected chi connectivity index (χ0v) is 23.2. The number of H-pyrrole nitrogens is 1. The van der Waals surface area contributed by atoms with Crippen molar-refractivity contribution in [1.29, 1.82) is 0 Å². The Morgan fingerprint density at radius 2 is 1.78 bits per heavy atom. The van der Waals surface area contributed by atoms with E-state index >= 15 is 0 Å². The topological polar surface area (TPSA) is 149 Å². The van der Waals surface area contributed by atoms with Gasteiger partial charge in [0.05, 0.1) is 31.5 Å². The Bertz CT molecular complexity index is 1430. The number of carbonyl (C=O) groups is 2. The molecule has 3 N–H and O–H groups in total. The third kappa shape index (κ3) is 6.71. The molecule has 0 radical (unpaired) electrons. The van der Waals surface area contributed by atoms with Gasteiger partial charge in [0.25, 0.3) is 5.91 Å². The molecule has 2 aromatic carbocycles. The van der Waals surface area contributed by atoms with Gasteiger partial charge in [-0.05, 0) is 59.9 Å². The molecule has 5 rings (SSSR count). The van der Waals surface area contributed by atoms with Gasteiger partial charge in [-0.1, -0.05) is 54.3 Å². The van der Waals surface area contributed by atoms with Crippen molar-refractivity contribution in [2.45, 2.75) is 57.0 Å². The lowest BCUT2D eigenvalue weighted by molar-refractivity contribution is -0.116. The fourth-order valence-electron chi connectivity index (χ4n) is 5.31. The van der Waals surface area contributed by atoms with Crippen molar-refractivity contribution in [3.63, 3.8) is 0 Å². The summed E-state index contributed by atoms with van der Waals surface area (Å²) >= 11 is 0. The van der Waals surface area contributed by atoms with Gasteiger partial charge < -0.3 is 14.8 Å². The summed E-state index contributed by atoms with van der Waals surface area (Å²) in [5.74, 6) is 0.736. The fourth-order valence-corrected chi connectivity index (χ4v) is 5.31. The highest BCUT2D eigenvalue weighted by Gasteiger charge is 2.28. The minimum absolute atomic E-state index is 0.0375. The van der Waals surface area contributed by atoms with E-state index < -0.39 is 6.04 Å². The van der Waals surface area contributed by atoms with Crippen LogP contribution in [0.25, 0.3) is 11.3 Å². The van der Waals surface area contributed by atoms with Crippen molar-refractivity contribution in [1.82, 2.24) is 35.7 Å². The van der Waals surface area contributed by atoms with E-state index in [0.29, 0.717) is 24.3 Å². The molecule has 0 aliphatic heterocycles. The fraction of sp³-hybridized carbons (Fsp3) is 0.379. The van der Waals surface area contributed by atoms with Gasteiger partial charge in [0.15, 0.2) is 5.69 Å². The van der Waals surface area contributed by atoms with Crippen molar-refractivity contribution in [2.75, 3.05) is 19.5 Å². The molecular formula is C29H34N8O4. The standard InChI is InChI=1S/C29H34N8O4/c1-40-24-13-8-14-25(41-2)27(24)23-18-22(34-37(23)21-11-6-7-12-21)28(39)30-20(16-15-19-9-4-3-5-10-19)17-26(38)31-29-32-35-36-33-29/h3-5,8-10,13-14,18,20-21H,6-7,11-12,15-17H2,1-2H3,(H,30,39)(H2,31,32,33,35,36,38)/t20-/m0/s1. The number of amides is 2. The molecule has 0 bridgehead atoms. The van der Waals surface area contributed by atoms with Crippen LogP contribution < -0.4 is 20.1 Å². The van der Waals surface area contributed by atoms with Crippen molar-refractivity contribution in [3.05, 3.63) is 65.9 Å². The van der Waals surface area contributed by atoms with Gasteiger partial charge in [-0.2, -0.15) is 5.10 Å². The molecule has 2 aromatic heterocycles. The second kappa shape index (κ2) is 13.1. The van der Waals surface area contributed by atoms with E-state index in [1.165, 1.54) is 0 Å². The molecule has 4 aromatic rings. The molecule has 0 unspecified atom stereocenters. The molecule has 12 nitrogen and oxygen atoms in total. The summed E-state index contributed by atoms with van der Waals surface area (Å²) in [5.41, 5.74) is 2.89. The van der Waals surface area contributed by atoms with Crippen molar-refractivity contribution in [3.8, 4) is 22.8 Å². The molecule has 1 aliphatic rings. The van der Waals surface area contributed by atoms with Crippen LogP contribution in [0.3, 0.4) is 0 Å². The summed E-state index contributed by atoms with van der Waals surface area (Å²) in [6.07, 6.45) is 5.43. The molecule has 2 amide bonds. The first-order chi connectivity index (χ1) is 20.1. The second-order valence-corrected chi connectivity index (χ2v) is 10.0. The number of aromatic nitrogens is 6. The van der Waals surface area contributed by atoms with Crippen LogP contribution in [0.5, 0.6) is 11.5 Å². The van der Waals surface area contributed by atoms with Crippen LogP contribution in [0.1, 0.15) is 60.6 Å². The molecule has 41 heavy (non-hydrogen) atoms. The number of nitrogens with zero attached hydrogens (tertiary/aromatic N) is 5. The Kier molecular flexibility index (Phi) is 8.87. The first-order valence-electron chi connectivity index (χ1n) is 13.7. The molecule has 1 atom stereocenters. The van der Waals surface area contributed by atoms with Crippen molar-refractivity contribution >= 4 is 17.8 Å². The average molecular weight is 559 g/mol. The SMILES string of the molecule is COc1cccc(OC)c1-c1cc(C(=O)N[C@@H](CCc2ccccc2)CC(=O)Nc2nnn[nH]2)nn1C1CCCC1. The minimum atomic E-state index is -0.459. The van der Waals surface area contributed by atoms with Gasteiger partial charge in [0, 0.05) is 12.5 Å². The van der Waals surface area contributed by atoms with Gasteiger partial charge in [-0.15, -0.1) is 0 Å². The number of anilines is 1. The Balaban J connectivity index is 1.41. The highest BCUT2D eigenvalue weighted by Crippen LogP contribution is 2.41. The third-order valence-corrected chi connectivity index (χ3v) is 7.32. The maximum Gasteiger partial charge on any atom is 0.272 e. The first kappa shape index (κ1) is 27.8. The normalized spacial score (nSPS) is 14.0. The van der Waals surface area contributed by atoms with Crippen LogP contribution in [-0.4, -0.2) is 62.5 Å². The molecule has 0 saturated heterocycles. The Hall–Kier alpha value is -4.74. The lowest BCUT2D eigenvalue weighted by atomic mass is 10.0. The number of ether oxygens (including phenoxy) is 2. The quantitative estimate of drug-likeness (QED) is 0.237. The second-order valence-electron chi connectivity index (χ2n) is 10.0. The lowest BCUT2D eigenvalue weighted by Gasteiger charge is -2.18. The molecular weight excluding hydrogens is 524 g/mol. The first-order valence-corrected chi connectivity index (χ1v) is 13.7. The summed E-state index contributed by atoms with van der Waals surface area (Å²) < 4.78 is 13.3. The number of aromatic amines is 1. The number of methoxy groups -OCH3 is 2. The number of rotatable bonds is 12. The molecule has 1 aliphatic carbocycles. The zero-order valence-electron chi connectivity index (χ0n) is 23.2. The number of hydrogen-bond donors (Lipinski definition) is 3. The number of carbonyl (C=O) groups excluding carboxylic acids is 2. The van der Waals surface area contributed by atoms with Crippen LogP contribution >= 0.6 is 0 Å². The van der Waals surface area contributed by atoms with Crippen molar-refractivity contribution in [2.24, 2.45) is 0 Å². The van der Waals surface area contributed by atoms with Gasteiger partial charge in [-0.3, -0.25) is 19.6 Å². The van der Waals surface area contributed by atoms with Crippen LogP contribution in [0.4, 0.5) is 5.95 Å². The summed E-state index contributed by atoms with van der Waals surface area (Å²) in [7, 11) is 3.22. The Morgan fingerprint density at radius 3 is 2.44 bits per heavy atom. The summed E-state index contributed by atoms with van der Waals surface area (Å²) in [5, 5.41) is 23.6. The van der Waals surface area contributed by atoms with Gasteiger partial charge >= 0.3 is 0 Å². The van der Waals surface area contributed by atoms with E-state index in [1.807, 2.05) is 53.2 Å². The maximum absolute atomic E-state index is 13.7. The summed E-state index contributed by atoms with van der Waals surface area (Å²) in [4.78, 5) is 26.4. The number of aryl methyl sites for hydroxylation is 1. The Labute approximate surface area is 237 Å². The van der Waals surface area contributed by atoms with E-state index in [-0.39, 0.29) is 35.9 Å². The van der Waals surface area contributed by atoms with Gasteiger partial charge in [-0.25, -0.2) is 5.10 Å². The highest BCUT2D eigenvalue weighted by atomic mass is 16.5. The zero-order chi connectivity index (χ0) is 28.6. The van der Waals surface area contributed by atoms with Crippen molar-refractivity contribution < 1.29 is 19.1 Å². The van der Waals surface area contributed by atoms with Crippen LogP contribution in [-0.2, 0) is 11.2 Å². The van der Waals surface area contributed by atoms with Gasteiger partial charge in [0.1, 0.15) is 11.5 Å². The number of nitrogens with one attached hydrogen (secondary N) is 3. The molecule has 1 saturated carbocycles. The Morgan fingerprint density at radius 1 is 1.05 bits per heavy atom. The number of tetrazole rings is 1.